The van der Waals surface area contributed by atoms with Gasteiger partial charge in [-0.3, -0.25) is 14.3 Å². The number of anilines is 2. The van der Waals surface area contributed by atoms with Crippen LogP contribution in [-0.2, 0) is 14.8 Å². The maximum absolute atomic E-state index is 12.8. The Bertz CT molecular complexity index is 1190. The van der Waals surface area contributed by atoms with Crippen LogP contribution in [0, 0.1) is 6.92 Å². The number of thiophene rings is 1. The molecule has 2 amide bonds. The van der Waals surface area contributed by atoms with E-state index in [1.54, 1.807) is 48.5 Å². The first-order valence-electron chi connectivity index (χ1n) is 9.76. The van der Waals surface area contributed by atoms with Gasteiger partial charge in [0.25, 0.3) is 15.9 Å². The Morgan fingerprint density at radius 1 is 0.969 bits per heavy atom. The van der Waals surface area contributed by atoms with Crippen molar-refractivity contribution in [2.45, 2.75) is 18.7 Å². The van der Waals surface area contributed by atoms with Gasteiger partial charge in [-0.05, 0) is 61.7 Å². The second kappa shape index (κ2) is 10.3. The van der Waals surface area contributed by atoms with E-state index in [0.29, 0.717) is 23.7 Å². The highest BCUT2D eigenvalue weighted by molar-refractivity contribution is 7.93. The highest BCUT2D eigenvalue weighted by atomic mass is 32.2. The average molecular weight is 474 g/mol. The van der Waals surface area contributed by atoms with Crippen molar-refractivity contribution < 1.29 is 22.7 Å². The molecular weight excluding hydrogens is 450 g/mol. The van der Waals surface area contributed by atoms with Crippen molar-refractivity contribution in [2.75, 3.05) is 23.2 Å². The van der Waals surface area contributed by atoms with Crippen LogP contribution in [0.5, 0.6) is 5.75 Å². The number of nitrogens with one attached hydrogen (secondary N) is 3. The first kappa shape index (κ1) is 23.3. The summed E-state index contributed by atoms with van der Waals surface area (Å²) in [6.07, 6.45) is 0. The van der Waals surface area contributed by atoms with E-state index >= 15 is 0 Å². The molecule has 0 saturated carbocycles. The Hall–Kier alpha value is -3.37. The predicted molar refractivity (Wildman–Crippen MR) is 125 cm³/mol. The van der Waals surface area contributed by atoms with Crippen LogP contribution in [0.3, 0.4) is 0 Å². The standard InChI is InChI=1S/C22H23N3O5S2/c1-3-30-18-10-8-16(9-11-18)24-20(26)14-23-22(27)21-19(12-13-31-21)32(28,29)25-17-6-4-15(2)5-7-17/h4-13,25H,3,14H2,1-2H3,(H,23,27)(H,24,26). The lowest BCUT2D eigenvalue weighted by molar-refractivity contribution is -0.115. The van der Waals surface area contributed by atoms with Gasteiger partial charge in [-0.15, -0.1) is 11.3 Å². The number of ether oxygens (including phenoxy) is 1. The third-order valence-corrected chi connectivity index (χ3v) is 6.75. The van der Waals surface area contributed by atoms with Gasteiger partial charge in [0.05, 0.1) is 13.2 Å². The van der Waals surface area contributed by atoms with Crippen molar-refractivity contribution in [3.05, 3.63) is 70.4 Å². The van der Waals surface area contributed by atoms with E-state index in [-0.39, 0.29) is 16.3 Å². The Morgan fingerprint density at radius 2 is 1.62 bits per heavy atom. The smallest absolute Gasteiger partial charge is 0.263 e. The molecule has 8 nitrogen and oxygen atoms in total. The molecule has 3 rings (SSSR count). The summed E-state index contributed by atoms with van der Waals surface area (Å²) in [5.74, 6) is -0.406. The van der Waals surface area contributed by atoms with Crippen molar-refractivity contribution in [1.82, 2.24) is 5.32 Å². The minimum absolute atomic E-state index is 0.00141. The number of hydrogen-bond acceptors (Lipinski definition) is 6. The number of benzene rings is 2. The van der Waals surface area contributed by atoms with E-state index in [4.69, 9.17) is 4.74 Å². The lowest BCUT2D eigenvalue weighted by Gasteiger charge is -2.10. The molecule has 0 aliphatic carbocycles. The molecule has 10 heteroatoms. The van der Waals surface area contributed by atoms with Gasteiger partial charge in [-0.1, -0.05) is 17.7 Å². The van der Waals surface area contributed by atoms with Gasteiger partial charge < -0.3 is 15.4 Å². The largest absolute Gasteiger partial charge is 0.494 e. The van der Waals surface area contributed by atoms with Crippen LogP contribution in [0.1, 0.15) is 22.2 Å². The lowest BCUT2D eigenvalue weighted by Crippen LogP contribution is -2.33. The van der Waals surface area contributed by atoms with E-state index in [0.717, 1.165) is 16.9 Å². The van der Waals surface area contributed by atoms with E-state index < -0.39 is 21.8 Å². The van der Waals surface area contributed by atoms with Crippen molar-refractivity contribution in [3.63, 3.8) is 0 Å². The van der Waals surface area contributed by atoms with Crippen LogP contribution in [0.4, 0.5) is 11.4 Å². The van der Waals surface area contributed by atoms with Crippen LogP contribution in [0.25, 0.3) is 0 Å². The Labute approximate surface area is 190 Å². The van der Waals surface area contributed by atoms with Crippen molar-refractivity contribution in [1.29, 1.82) is 0 Å². The molecule has 0 atom stereocenters. The highest BCUT2D eigenvalue weighted by Gasteiger charge is 2.24. The van der Waals surface area contributed by atoms with E-state index in [2.05, 4.69) is 15.4 Å². The quantitative estimate of drug-likeness (QED) is 0.439. The average Bonchev–Trinajstić information content (AvgIpc) is 3.26. The van der Waals surface area contributed by atoms with Crippen LogP contribution in [-0.4, -0.2) is 33.4 Å². The summed E-state index contributed by atoms with van der Waals surface area (Å²) in [7, 11) is -3.97. The molecule has 0 fully saturated rings. The number of sulfonamides is 1. The number of carbonyl (C=O) groups is 2. The number of aryl methyl sites for hydroxylation is 1. The van der Waals surface area contributed by atoms with Crippen LogP contribution >= 0.6 is 11.3 Å². The molecule has 1 aromatic heterocycles. The summed E-state index contributed by atoms with van der Waals surface area (Å²) in [6, 6.07) is 15.0. The Balaban J connectivity index is 1.60. The van der Waals surface area contributed by atoms with Gasteiger partial charge in [0.2, 0.25) is 5.91 Å². The van der Waals surface area contributed by atoms with Gasteiger partial charge in [-0.2, -0.15) is 0 Å². The van der Waals surface area contributed by atoms with E-state index in [9.17, 15) is 18.0 Å². The van der Waals surface area contributed by atoms with E-state index in [1.165, 1.54) is 11.4 Å². The second-order valence-corrected chi connectivity index (χ2v) is 9.34. The summed E-state index contributed by atoms with van der Waals surface area (Å²) in [4.78, 5) is 24.6. The molecule has 0 aliphatic rings. The number of rotatable bonds is 9. The molecule has 0 unspecified atom stereocenters. The maximum Gasteiger partial charge on any atom is 0.263 e. The van der Waals surface area contributed by atoms with Gasteiger partial charge in [-0.25, -0.2) is 8.42 Å². The van der Waals surface area contributed by atoms with Crippen molar-refractivity contribution in [2.24, 2.45) is 0 Å². The van der Waals surface area contributed by atoms with Gasteiger partial charge in [0, 0.05) is 11.4 Å². The topological polar surface area (TPSA) is 114 Å². The number of carbonyl (C=O) groups excluding carboxylic acids is 2. The second-order valence-electron chi connectivity index (χ2n) is 6.77. The lowest BCUT2D eigenvalue weighted by atomic mass is 10.2. The fraction of sp³-hybridized carbons (Fsp3) is 0.182. The fourth-order valence-corrected chi connectivity index (χ4v) is 5.16. The fourth-order valence-electron chi connectivity index (χ4n) is 2.75. The zero-order valence-corrected chi connectivity index (χ0v) is 19.2. The third-order valence-electron chi connectivity index (χ3n) is 4.29. The first-order valence-corrected chi connectivity index (χ1v) is 12.1. The summed E-state index contributed by atoms with van der Waals surface area (Å²) in [5.41, 5.74) is 1.93. The summed E-state index contributed by atoms with van der Waals surface area (Å²) in [5, 5.41) is 6.63. The number of hydrogen-bond donors (Lipinski definition) is 3. The molecule has 1 heterocycles. The van der Waals surface area contributed by atoms with E-state index in [1.807, 2.05) is 13.8 Å². The monoisotopic (exact) mass is 473 g/mol. The molecule has 32 heavy (non-hydrogen) atoms. The predicted octanol–water partition coefficient (Wildman–Crippen LogP) is 3.62. The Morgan fingerprint density at radius 3 is 2.28 bits per heavy atom. The molecule has 0 saturated heterocycles. The summed E-state index contributed by atoms with van der Waals surface area (Å²) in [6.45, 7) is 4.00. The molecule has 0 aliphatic heterocycles. The van der Waals surface area contributed by atoms with Crippen LogP contribution in [0.2, 0.25) is 0 Å². The first-order chi connectivity index (χ1) is 15.3. The number of amides is 2. The minimum Gasteiger partial charge on any atom is -0.494 e. The minimum atomic E-state index is -3.97. The van der Waals surface area contributed by atoms with Gasteiger partial charge in [0.1, 0.15) is 15.5 Å². The summed E-state index contributed by atoms with van der Waals surface area (Å²) < 4.78 is 33.3. The van der Waals surface area contributed by atoms with Gasteiger partial charge >= 0.3 is 0 Å². The zero-order valence-electron chi connectivity index (χ0n) is 17.5. The molecule has 168 valence electrons. The maximum atomic E-state index is 12.8. The summed E-state index contributed by atoms with van der Waals surface area (Å²) >= 11 is 0.983. The molecular formula is C22H23N3O5S2. The highest BCUT2D eigenvalue weighted by Crippen LogP contribution is 2.24. The molecule has 0 bridgehead atoms. The molecule has 0 radical (unpaired) electrons. The molecule has 3 N–H and O–H groups in total. The molecule has 0 spiro atoms. The Kier molecular flexibility index (Phi) is 7.49. The SMILES string of the molecule is CCOc1ccc(NC(=O)CNC(=O)c2sccc2S(=O)(=O)Nc2ccc(C)cc2)cc1. The normalized spacial score (nSPS) is 10.9. The van der Waals surface area contributed by atoms with Crippen molar-refractivity contribution in [3.8, 4) is 5.75 Å². The zero-order chi connectivity index (χ0) is 23.1. The third kappa shape index (κ3) is 6.08. The molecule has 2 aromatic carbocycles. The van der Waals surface area contributed by atoms with Crippen molar-refractivity contribution >= 4 is 44.5 Å². The van der Waals surface area contributed by atoms with Gasteiger partial charge in [0.15, 0.2) is 0 Å². The van der Waals surface area contributed by atoms with Crippen LogP contribution < -0.4 is 20.1 Å². The molecule has 3 aromatic rings. The van der Waals surface area contributed by atoms with Crippen LogP contribution in [0.15, 0.2) is 64.9 Å².